The lowest BCUT2D eigenvalue weighted by Gasteiger charge is -2.35. The van der Waals surface area contributed by atoms with Gasteiger partial charge in [-0.1, -0.05) is 13.0 Å². The first kappa shape index (κ1) is 25.5. The predicted molar refractivity (Wildman–Crippen MR) is 115 cm³/mol. The SMILES string of the molecule is CCNC1CN(N(CC)C(=O)OC(C)(C)C)C=C(C(=O)NCc2ccc(F)cc2F)CO1. The summed E-state index contributed by atoms with van der Waals surface area (Å²) in [5.41, 5.74) is -0.284. The van der Waals surface area contributed by atoms with Crippen molar-refractivity contribution in [1.82, 2.24) is 20.7 Å². The number of likely N-dealkylation sites (N-methyl/N-ethyl adjacent to an activating group) is 1. The highest BCUT2D eigenvalue weighted by Crippen LogP contribution is 2.16. The molecule has 0 bridgehead atoms. The first-order chi connectivity index (χ1) is 15.0. The Labute approximate surface area is 187 Å². The van der Waals surface area contributed by atoms with Crippen LogP contribution in [0.2, 0.25) is 0 Å². The van der Waals surface area contributed by atoms with Gasteiger partial charge in [-0.15, -0.1) is 0 Å². The summed E-state index contributed by atoms with van der Waals surface area (Å²) in [4.78, 5) is 25.5. The van der Waals surface area contributed by atoms with Crippen LogP contribution in [0.1, 0.15) is 40.2 Å². The minimum absolute atomic E-state index is 0.0161. The average Bonchev–Trinajstić information content (AvgIpc) is 2.89. The highest BCUT2D eigenvalue weighted by atomic mass is 19.1. The lowest BCUT2D eigenvalue weighted by Crippen LogP contribution is -2.50. The number of hydrazine groups is 1. The van der Waals surface area contributed by atoms with Gasteiger partial charge in [0.1, 0.15) is 23.5 Å². The van der Waals surface area contributed by atoms with Crippen LogP contribution in [-0.4, -0.2) is 60.1 Å². The fourth-order valence-corrected chi connectivity index (χ4v) is 3.01. The number of halogens is 2. The number of hydrogen-bond donors (Lipinski definition) is 2. The van der Waals surface area contributed by atoms with Gasteiger partial charge < -0.3 is 14.8 Å². The van der Waals surface area contributed by atoms with Crippen LogP contribution in [0.25, 0.3) is 0 Å². The van der Waals surface area contributed by atoms with E-state index in [-0.39, 0.29) is 30.8 Å². The molecule has 0 fully saturated rings. The van der Waals surface area contributed by atoms with Gasteiger partial charge in [0.05, 0.1) is 18.7 Å². The van der Waals surface area contributed by atoms with E-state index in [4.69, 9.17) is 9.47 Å². The Morgan fingerprint density at radius 1 is 1.28 bits per heavy atom. The van der Waals surface area contributed by atoms with Gasteiger partial charge in [0, 0.05) is 30.9 Å². The van der Waals surface area contributed by atoms with E-state index in [1.165, 1.54) is 17.3 Å². The summed E-state index contributed by atoms with van der Waals surface area (Å²) in [5, 5.41) is 8.75. The molecule has 32 heavy (non-hydrogen) atoms. The van der Waals surface area contributed by atoms with Crippen molar-refractivity contribution >= 4 is 12.0 Å². The van der Waals surface area contributed by atoms with Crippen LogP contribution in [0.3, 0.4) is 0 Å². The smallest absolute Gasteiger partial charge is 0.429 e. The van der Waals surface area contributed by atoms with E-state index >= 15 is 0 Å². The van der Waals surface area contributed by atoms with E-state index in [1.54, 1.807) is 32.7 Å². The molecule has 1 aliphatic rings. The van der Waals surface area contributed by atoms with Crippen LogP contribution in [0.15, 0.2) is 30.0 Å². The predicted octanol–water partition coefficient (Wildman–Crippen LogP) is 2.90. The summed E-state index contributed by atoms with van der Waals surface area (Å²) in [6.45, 7) is 10.1. The Kier molecular flexibility index (Phi) is 8.97. The molecule has 10 heteroatoms. The molecular weight excluding hydrogens is 422 g/mol. The first-order valence-electron chi connectivity index (χ1n) is 10.6. The second-order valence-electron chi connectivity index (χ2n) is 8.25. The molecule has 178 valence electrons. The minimum atomic E-state index is -0.743. The number of carbonyl (C=O) groups is 2. The Morgan fingerprint density at radius 2 is 2.00 bits per heavy atom. The number of nitrogens with one attached hydrogen (secondary N) is 2. The van der Waals surface area contributed by atoms with Gasteiger partial charge in [-0.3, -0.25) is 15.1 Å². The van der Waals surface area contributed by atoms with E-state index in [0.29, 0.717) is 13.1 Å². The number of rotatable bonds is 7. The van der Waals surface area contributed by atoms with Crippen LogP contribution in [0.4, 0.5) is 13.6 Å². The number of benzene rings is 1. The quantitative estimate of drug-likeness (QED) is 0.659. The molecule has 2 rings (SSSR count). The van der Waals surface area contributed by atoms with Crippen LogP contribution < -0.4 is 10.6 Å². The molecule has 2 N–H and O–H groups in total. The van der Waals surface area contributed by atoms with Crippen molar-refractivity contribution in [2.75, 3.05) is 26.2 Å². The summed E-state index contributed by atoms with van der Waals surface area (Å²) >= 11 is 0. The molecule has 0 saturated heterocycles. The summed E-state index contributed by atoms with van der Waals surface area (Å²) in [7, 11) is 0. The standard InChI is InChI=1S/C22H32F2N4O4/c1-6-25-19-13-27(28(7-2)21(30)32-22(3,4)5)12-16(14-31-19)20(29)26-11-15-8-9-17(23)10-18(15)24/h8-10,12,19,25H,6-7,11,13-14H2,1-5H3,(H,26,29). The van der Waals surface area contributed by atoms with E-state index in [2.05, 4.69) is 10.6 Å². The third kappa shape index (κ3) is 7.45. The molecule has 8 nitrogen and oxygen atoms in total. The van der Waals surface area contributed by atoms with Crippen molar-refractivity contribution < 1.29 is 27.8 Å². The molecule has 1 aromatic rings. The van der Waals surface area contributed by atoms with Crippen LogP contribution in [0.5, 0.6) is 0 Å². The molecule has 1 unspecified atom stereocenters. The molecule has 0 aliphatic carbocycles. The number of hydrogen-bond acceptors (Lipinski definition) is 6. The summed E-state index contributed by atoms with van der Waals surface area (Å²) in [5.74, 6) is -1.92. The van der Waals surface area contributed by atoms with Crippen molar-refractivity contribution in [1.29, 1.82) is 0 Å². The maximum atomic E-state index is 13.9. The highest BCUT2D eigenvalue weighted by molar-refractivity contribution is 5.93. The molecule has 1 atom stereocenters. The highest BCUT2D eigenvalue weighted by Gasteiger charge is 2.29. The molecule has 0 saturated carbocycles. The lowest BCUT2D eigenvalue weighted by molar-refractivity contribution is -0.118. The third-order valence-corrected chi connectivity index (χ3v) is 4.49. The topological polar surface area (TPSA) is 83.1 Å². The zero-order chi connectivity index (χ0) is 23.9. The lowest BCUT2D eigenvalue weighted by atomic mass is 10.2. The molecule has 0 spiro atoms. The summed E-state index contributed by atoms with van der Waals surface area (Å²) in [6.07, 6.45) is 0.537. The van der Waals surface area contributed by atoms with E-state index < -0.39 is 35.5 Å². The van der Waals surface area contributed by atoms with Gasteiger partial charge in [0.25, 0.3) is 5.91 Å². The Hall–Kier alpha value is -2.72. The van der Waals surface area contributed by atoms with Crippen molar-refractivity contribution in [3.8, 4) is 0 Å². The van der Waals surface area contributed by atoms with Crippen molar-refractivity contribution in [2.45, 2.75) is 53.0 Å². The second-order valence-corrected chi connectivity index (χ2v) is 8.25. The Balaban J connectivity index is 2.20. The van der Waals surface area contributed by atoms with Gasteiger partial charge >= 0.3 is 6.09 Å². The largest absolute Gasteiger partial charge is 0.442 e. The molecule has 1 heterocycles. The number of nitrogens with zero attached hydrogens (tertiary/aromatic N) is 2. The van der Waals surface area contributed by atoms with Gasteiger partial charge in [-0.2, -0.15) is 0 Å². The maximum absolute atomic E-state index is 13.9. The normalized spacial score (nSPS) is 16.8. The Morgan fingerprint density at radius 3 is 2.59 bits per heavy atom. The summed E-state index contributed by atoms with van der Waals surface area (Å²) < 4.78 is 38.2. The van der Waals surface area contributed by atoms with Crippen molar-refractivity contribution in [3.63, 3.8) is 0 Å². The van der Waals surface area contributed by atoms with Crippen molar-refractivity contribution in [2.24, 2.45) is 0 Å². The number of ether oxygens (including phenoxy) is 2. The van der Waals surface area contributed by atoms with E-state index in [0.717, 1.165) is 12.1 Å². The minimum Gasteiger partial charge on any atom is -0.442 e. The van der Waals surface area contributed by atoms with Gasteiger partial charge in [-0.25, -0.2) is 18.6 Å². The van der Waals surface area contributed by atoms with Gasteiger partial charge in [-0.05, 0) is 40.3 Å². The zero-order valence-electron chi connectivity index (χ0n) is 19.2. The van der Waals surface area contributed by atoms with Crippen LogP contribution in [-0.2, 0) is 20.8 Å². The Bertz CT molecular complexity index is 842. The second kappa shape index (κ2) is 11.2. The summed E-state index contributed by atoms with van der Waals surface area (Å²) in [6, 6.07) is 3.16. The molecular formula is C22H32F2N4O4. The van der Waals surface area contributed by atoms with Crippen LogP contribution >= 0.6 is 0 Å². The molecule has 1 aromatic carbocycles. The maximum Gasteiger partial charge on any atom is 0.429 e. The zero-order valence-corrected chi connectivity index (χ0v) is 19.2. The third-order valence-electron chi connectivity index (χ3n) is 4.49. The molecule has 0 aromatic heterocycles. The fraction of sp³-hybridized carbons (Fsp3) is 0.545. The van der Waals surface area contributed by atoms with Gasteiger partial charge in [0.2, 0.25) is 0 Å². The van der Waals surface area contributed by atoms with Crippen LogP contribution in [0, 0.1) is 11.6 Å². The average molecular weight is 455 g/mol. The van der Waals surface area contributed by atoms with E-state index in [1.807, 2.05) is 6.92 Å². The molecule has 1 aliphatic heterocycles. The molecule has 2 amide bonds. The van der Waals surface area contributed by atoms with E-state index in [9.17, 15) is 18.4 Å². The van der Waals surface area contributed by atoms with Gasteiger partial charge in [0.15, 0.2) is 0 Å². The molecule has 0 radical (unpaired) electrons. The first-order valence-corrected chi connectivity index (χ1v) is 10.6. The number of carbonyl (C=O) groups excluding carboxylic acids is 2. The monoisotopic (exact) mass is 454 g/mol. The number of amides is 2. The van der Waals surface area contributed by atoms with Crippen molar-refractivity contribution in [3.05, 3.63) is 47.2 Å². The fourth-order valence-electron chi connectivity index (χ4n) is 3.01.